The Morgan fingerprint density at radius 2 is 2.25 bits per heavy atom. The largest absolute Gasteiger partial charge is 0.305 e. The summed E-state index contributed by atoms with van der Waals surface area (Å²) in [6.45, 7) is 2.31. The molecule has 82 valence electrons. The first kappa shape index (κ1) is 9.54. The van der Waals surface area contributed by atoms with Crippen LogP contribution in [0, 0.1) is 0 Å². The summed E-state index contributed by atoms with van der Waals surface area (Å²) in [5.41, 5.74) is 3.45. The second-order valence-corrected chi connectivity index (χ2v) is 4.40. The molecule has 2 heterocycles. The SMILES string of the molecule is CN1CC(c2cccc(-c3cn[nH]n3)c2)C1. The minimum absolute atomic E-state index is 0.678. The third-order valence-electron chi connectivity index (χ3n) is 3.13. The number of benzene rings is 1. The minimum Gasteiger partial charge on any atom is -0.305 e. The van der Waals surface area contributed by atoms with Crippen LogP contribution in [0.25, 0.3) is 11.3 Å². The summed E-state index contributed by atoms with van der Waals surface area (Å²) < 4.78 is 0. The van der Waals surface area contributed by atoms with Gasteiger partial charge in [0, 0.05) is 24.6 Å². The van der Waals surface area contributed by atoms with Gasteiger partial charge in [0.2, 0.25) is 0 Å². The van der Waals surface area contributed by atoms with Crippen molar-refractivity contribution in [2.45, 2.75) is 5.92 Å². The normalized spacial score (nSPS) is 17.3. The van der Waals surface area contributed by atoms with Gasteiger partial charge in [-0.2, -0.15) is 15.4 Å². The van der Waals surface area contributed by atoms with Crippen molar-refractivity contribution in [3.63, 3.8) is 0 Å². The Morgan fingerprint density at radius 1 is 1.38 bits per heavy atom. The fourth-order valence-corrected chi connectivity index (χ4v) is 2.20. The minimum atomic E-state index is 0.678. The molecule has 0 saturated carbocycles. The molecule has 4 heteroatoms. The predicted molar refractivity (Wildman–Crippen MR) is 62.1 cm³/mol. The van der Waals surface area contributed by atoms with Crippen molar-refractivity contribution in [2.24, 2.45) is 0 Å². The van der Waals surface area contributed by atoms with E-state index in [1.807, 2.05) is 0 Å². The molecule has 1 saturated heterocycles. The van der Waals surface area contributed by atoms with Gasteiger partial charge >= 0.3 is 0 Å². The van der Waals surface area contributed by atoms with E-state index in [0.717, 1.165) is 24.3 Å². The highest BCUT2D eigenvalue weighted by Gasteiger charge is 2.24. The number of aromatic amines is 1. The van der Waals surface area contributed by atoms with Gasteiger partial charge in [-0.15, -0.1) is 0 Å². The molecule has 0 amide bonds. The Balaban J connectivity index is 1.89. The lowest BCUT2D eigenvalue weighted by atomic mass is 9.91. The lowest BCUT2D eigenvalue weighted by Crippen LogP contribution is -2.41. The molecule has 2 aromatic rings. The van der Waals surface area contributed by atoms with Crippen molar-refractivity contribution in [3.8, 4) is 11.3 Å². The van der Waals surface area contributed by atoms with Crippen molar-refractivity contribution >= 4 is 0 Å². The summed E-state index contributed by atoms with van der Waals surface area (Å²) in [7, 11) is 2.15. The van der Waals surface area contributed by atoms with E-state index in [1.54, 1.807) is 6.20 Å². The number of H-pyrrole nitrogens is 1. The average molecular weight is 214 g/mol. The van der Waals surface area contributed by atoms with E-state index < -0.39 is 0 Å². The number of nitrogens with zero attached hydrogens (tertiary/aromatic N) is 3. The quantitative estimate of drug-likeness (QED) is 0.824. The molecule has 1 aromatic carbocycles. The van der Waals surface area contributed by atoms with E-state index in [1.165, 1.54) is 5.56 Å². The van der Waals surface area contributed by atoms with E-state index >= 15 is 0 Å². The van der Waals surface area contributed by atoms with Crippen molar-refractivity contribution in [1.29, 1.82) is 0 Å². The maximum absolute atomic E-state index is 4.10. The number of aromatic nitrogens is 3. The van der Waals surface area contributed by atoms with E-state index in [2.05, 4.69) is 51.6 Å². The van der Waals surface area contributed by atoms with Crippen molar-refractivity contribution in [1.82, 2.24) is 20.3 Å². The lowest BCUT2D eigenvalue weighted by molar-refractivity contribution is 0.190. The Labute approximate surface area is 94.3 Å². The van der Waals surface area contributed by atoms with E-state index in [0.29, 0.717) is 5.92 Å². The predicted octanol–water partition coefficient (Wildman–Crippen LogP) is 1.50. The Hall–Kier alpha value is -1.68. The monoisotopic (exact) mass is 214 g/mol. The van der Waals surface area contributed by atoms with Crippen LogP contribution in [0.2, 0.25) is 0 Å². The van der Waals surface area contributed by atoms with Gasteiger partial charge in [-0.05, 0) is 18.7 Å². The van der Waals surface area contributed by atoms with Crippen LogP contribution in [0.5, 0.6) is 0 Å². The maximum Gasteiger partial charge on any atom is 0.112 e. The van der Waals surface area contributed by atoms with Crippen LogP contribution < -0.4 is 0 Å². The van der Waals surface area contributed by atoms with Crippen molar-refractivity contribution in [3.05, 3.63) is 36.0 Å². The third-order valence-corrected chi connectivity index (χ3v) is 3.13. The fraction of sp³-hybridized carbons (Fsp3) is 0.333. The molecule has 1 fully saturated rings. The van der Waals surface area contributed by atoms with Crippen LogP contribution in [0.15, 0.2) is 30.5 Å². The van der Waals surface area contributed by atoms with Crippen LogP contribution in [0.1, 0.15) is 11.5 Å². The van der Waals surface area contributed by atoms with Crippen LogP contribution >= 0.6 is 0 Å². The maximum atomic E-state index is 4.10. The molecule has 1 N–H and O–H groups in total. The molecule has 3 rings (SSSR count). The molecule has 1 aromatic heterocycles. The highest BCUT2D eigenvalue weighted by atomic mass is 15.3. The lowest BCUT2D eigenvalue weighted by Gasteiger charge is -2.36. The van der Waals surface area contributed by atoms with Gasteiger partial charge in [0.25, 0.3) is 0 Å². The molecule has 4 nitrogen and oxygen atoms in total. The Morgan fingerprint density at radius 3 is 2.94 bits per heavy atom. The highest BCUT2D eigenvalue weighted by molar-refractivity contribution is 5.58. The first-order valence-corrected chi connectivity index (χ1v) is 5.47. The molecule has 0 unspecified atom stereocenters. The number of rotatable bonds is 2. The standard InChI is InChI=1S/C12H14N4/c1-16-7-11(8-16)9-3-2-4-10(5-9)12-6-13-15-14-12/h2-6,11H,7-8H2,1H3,(H,13,14,15). The topological polar surface area (TPSA) is 44.8 Å². The summed E-state index contributed by atoms with van der Waals surface area (Å²) in [6.07, 6.45) is 1.76. The Kier molecular flexibility index (Phi) is 2.22. The molecule has 0 radical (unpaired) electrons. The molecule has 0 aliphatic carbocycles. The van der Waals surface area contributed by atoms with Crippen LogP contribution in [-0.2, 0) is 0 Å². The molecule has 0 spiro atoms. The first-order chi connectivity index (χ1) is 7.83. The van der Waals surface area contributed by atoms with Crippen molar-refractivity contribution in [2.75, 3.05) is 20.1 Å². The molecular formula is C12H14N4. The van der Waals surface area contributed by atoms with E-state index in [9.17, 15) is 0 Å². The van der Waals surface area contributed by atoms with Gasteiger partial charge in [-0.1, -0.05) is 18.2 Å². The van der Waals surface area contributed by atoms with Gasteiger partial charge < -0.3 is 4.90 Å². The summed E-state index contributed by atoms with van der Waals surface area (Å²) in [5.74, 6) is 0.678. The van der Waals surface area contributed by atoms with Gasteiger partial charge in [0.05, 0.1) is 6.20 Å². The smallest absolute Gasteiger partial charge is 0.112 e. The van der Waals surface area contributed by atoms with Gasteiger partial charge in [0.1, 0.15) is 5.69 Å². The summed E-state index contributed by atoms with van der Waals surface area (Å²) in [6, 6.07) is 8.58. The number of hydrogen-bond acceptors (Lipinski definition) is 3. The average Bonchev–Trinajstić information content (AvgIpc) is 2.78. The molecule has 1 aliphatic rings. The molecule has 1 aliphatic heterocycles. The molecular weight excluding hydrogens is 200 g/mol. The van der Waals surface area contributed by atoms with E-state index in [-0.39, 0.29) is 0 Å². The number of hydrogen-bond donors (Lipinski definition) is 1. The zero-order chi connectivity index (χ0) is 11.0. The summed E-state index contributed by atoms with van der Waals surface area (Å²) in [4.78, 5) is 2.33. The zero-order valence-electron chi connectivity index (χ0n) is 9.22. The first-order valence-electron chi connectivity index (χ1n) is 5.47. The fourth-order valence-electron chi connectivity index (χ4n) is 2.20. The van der Waals surface area contributed by atoms with Gasteiger partial charge in [-0.25, -0.2) is 0 Å². The molecule has 16 heavy (non-hydrogen) atoms. The summed E-state index contributed by atoms with van der Waals surface area (Å²) in [5, 5.41) is 10.6. The number of likely N-dealkylation sites (N-methyl/N-ethyl adjacent to an activating group) is 1. The van der Waals surface area contributed by atoms with Gasteiger partial charge in [0.15, 0.2) is 0 Å². The van der Waals surface area contributed by atoms with Crippen LogP contribution in [-0.4, -0.2) is 40.4 Å². The summed E-state index contributed by atoms with van der Waals surface area (Å²) >= 11 is 0. The number of likely N-dealkylation sites (tertiary alicyclic amines) is 1. The molecule has 0 bridgehead atoms. The van der Waals surface area contributed by atoms with Crippen LogP contribution in [0.3, 0.4) is 0 Å². The molecule has 0 atom stereocenters. The van der Waals surface area contributed by atoms with Crippen LogP contribution in [0.4, 0.5) is 0 Å². The Bertz CT molecular complexity index is 472. The second kappa shape index (κ2) is 3.72. The van der Waals surface area contributed by atoms with Crippen molar-refractivity contribution < 1.29 is 0 Å². The number of nitrogens with one attached hydrogen (secondary N) is 1. The van der Waals surface area contributed by atoms with E-state index in [4.69, 9.17) is 0 Å². The second-order valence-electron chi connectivity index (χ2n) is 4.40. The zero-order valence-corrected chi connectivity index (χ0v) is 9.22. The third kappa shape index (κ3) is 1.61. The van der Waals surface area contributed by atoms with Gasteiger partial charge in [-0.3, -0.25) is 0 Å². The highest BCUT2D eigenvalue weighted by Crippen LogP contribution is 2.28.